The molecule has 3 rings (SSSR count). The predicted octanol–water partition coefficient (Wildman–Crippen LogP) is 3.12. The first-order chi connectivity index (χ1) is 10.2. The fourth-order valence-electron chi connectivity index (χ4n) is 3.84. The zero-order chi connectivity index (χ0) is 14.7. The van der Waals surface area contributed by atoms with E-state index in [0.717, 1.165) is 44.2 Å². The quantitative estimate of drug-likeness (QED) is 0.921. The maximum atomic E-state index is 13.2. The molecule has 2 nitrogen and oxygen atoms in total. The van der Waals surface area contributed by atoms with Gasteiger partial charge in [-0.1, -0.05) is 12.8 Å². The van der Waals surface area contributed by atoms with Crippen molar-refractivity contribution in [3.8, 4) is 0 Å². The highest BCUT2D eigenvalue weighted by Gasteiger charge is 2.36. The van der Waals surface area contributed by atoms with Crippen molar-refractivity contribution in [2.75, 3.05) is 26.2 Å². The lowest BCUT2D eigenvalue weighted by atomic mass is 9.97. The van der Waals surface area contributed by atoms with Crippen LogP contribution in [0.2, 0.25) is 0 Å². The summed E-state index contributed by atoms with van der Waals surface area (Å²) in [6.45, 7) is 4.12. The van der Waals surface area contributed by atoms with E-state index in [2.05, 4.69) is 10.2 Å². The van der Waals surface area contributed by atoms with Gasteiger partial charge in [-0.3, -0.25) is 0 Å². The number of nitrogens with one attached hydrogen (secondary N) is 1. The van der Waals surface area contributed by atoms with Crippen molar-refractivity contribution in [2.24, 2.45) is 0 Å². The van der Waals surface area contributed by atoms with E-state index in [4.69, 9.17) is 0 Å². The van der Waals surface area contributed by atoms with E-state index in [1.165, 1.54) is 37.8 Å². The van der Waals surface area contributed by atoms with Crippen molar-refractivity contribution in [2.45, 2.75) is 44.1 Å². The van der Waals surface area contributed by atoms with Gasteiger partial charge in [-0.25, -0.2) is 8.78 Å². The van der Waals surface area contributed by atoms with Crippen molar-refractivity contribution in [3.05, 3.63) is 35.4 Å². The number of benzene rings is 1. The molecule has 1 heterocycles. The zero-order valence-electron chi connectivity index (χ0n) is 12.5. The summed E-state index contributed by atoms with van der Waals surface area (Å²) in [5.41, 5.74) is 1.05. The molecule has 1 aliphatic heterocycles. The summed E-state index contributed by atoms with van der Waals surface area (Å²) >= 11 is 0. The molecule has 1 aromatic rings. The van der Waals surface area contributed by atoms with Gasteiger partial charge >= 0.3 is 0 Å². The first-order valence-corrected chi connectivity index (χ1v) is 8.08. The van der Waals surface area contributed by atoms with Gasteiger partial charge in [0.2, 0.25) is 0 Å². The molecule has 1 aromatic carbocycles. The Labute approximate surface area is 125 Å². The van der Waals surface area contributed by atoms with E-state index in [-0.39, 0.29) is 0 Å². The van der Waals surface area contributed by atoms with Gasteiger partial charge in [-0.2, -0.15) is 0 Å². The third-order valence-corrected chi connectivity index (χ3v) is 4.88. The summed E-state index contributed by atoms with van der Waals surface area (Å²) in [5, 5.41) is 3.74. The van der Waals surface area contributed by atoms with Gasteiger partial charge in [-0.15, -0.1) is 0 Å². The topological polar surface area (TPSA) is 15.3 Å². The second-order valence-corrected chi connectivity index (χ2v) is 6.57. The molecule has 0 unspecified atom stereocenters. The summed E-state index contributed by atoms with van der Waals surface area (Å²) in [4.78, 5) is 2.47. The monoisotopic (exact) mass is 294 g/mol. The summed E-state index contributed by atoms with van der Waals surface area (Å²) < 4.78 is 26.5. The molecule has 2 aliphatic rings. The molecule has 1 saturated heterocycles. The molecule has 116 valence electrons. The van der Waals surface area contributed by atoms with Gasteiger partial charge < -0.3 is 10.2 Å². The van der Waals surface area contributed by atoms with Crippen LogP contribution in [-0.4, -0.2) is 36.6 Å². The first kappa shape index (κ1) is 14.9. The summed E-state index contributed by atoms with van der Waals surface area (Å²) in [7, 11) is 0. The maximum absolute atomic E-state index is 13.2. The average molecular weight is 294 g/mol. The lowest BCUT2D eigenvalue weighted by Crippen LogP contribution is -2.49. The van der Waals surface area contributed by atoms with Crippen molar-refractivity contribution in [1.82, 2.24) is 10.2 Å². The van der Waals surface area contributed by atoms with E-state index < -0.39 is 11.6 Å². The van der Waals surface area contributed by atoms with Crippen LogP contribution in [0.3, 0.4) is 0 Å². The Bertz CT molecular complexity index is 463. The minimum absolute atomic E-state index is 0.295. The van der Waals surface area contributed by atoms with E-state index in [9.17, 15) is 8.78 Å². The van der Waals surface area contributed by atoms with Crippen LogP contribution in [0.25, 0.3) is 0 Å². The Morgan fingerprint density at radius 1 is 1.05 bits per heavy atom. The van der Waals surface area contributed by atoms with Gasteiger partial charge in [0, 0.05) is 24.7 Å². The van der Waals surface area contributed by atoms with Gasteiger partial charge in [0.1, 0.15) is 11.6 Å². The summed E-state index contributed by atoms with van der Waals surface area (Å²) in [6.07, 6.45) is 7.02. The molecule has 1 aliphatic carbocycles. The third kappa shape index (κ3) is 3.80. The van der Waals surface area contributed by atoms with Crippen LogP contribution in [0.5, 0.6) is 0 Å². The van der Waals surface area contributed by atoms with E-state index in [1.807, 2.05) is 0 Å². The largest absolute Gasteiger partial charge is 0.310 e. The van der Waals surface area contributed by atoms with Gasteiger partial charge in [0.15, 0.2) is 0 Å². The molecular weight excluding hydrogens is 270 g/mol. The Hall–Kier alpha value is -1.00. The van der Waals surface area contributed by atoms with Crippen LogP contribution in [-0.2, 0) is 6.42 Å². The minimum atomic E-state index is -0.477. The Kier molecular flexibility index (Phi) is 4.55. The normalized spacial score (nSPS) is 22.6. The van der Waals surface area contributed by atoms with Crippen LogP contribution in [0.1, 0.15) is 37.7 Å². The lowest BCUT2D eigenvalue weighted by molar-refractivity contribution is 0.212. The van der Waals surface area contributed by atoms with Gasteiger partial charge in [0.25, 0.3) is 0 Å². The molecule has 1 spiro atoms. The maximum Gasteiger partial charge on any atom is 0.126 e. The molecule has 2 fully saturated rings. The Morgan fingerprint density at radius 2 is 1.76 bits per heavy atom. The van der Waals surface area contributed by atoms with E-state index in [1.54, 1.807) is 0 Å². The number of halogens is 2. The van der Waals surface area contributed by atoms with E-state index >= 15 is 0 Å². The number of hydrogen-bond donors (Lipinski definition) is 1. The van der Waals surface area contributed by atoms with Crippen molar-refractivity contribution < 1.29 is 8.78 Å². The second kappa shape index (κ2) is 6.41. The van der Waals surface area contributed by atoms with Crippen LogP contribution in [0.4, 0.5) is 8.78 Å². The zero-order valence-corrected chi connectivity index (χ0v) is 12.5. The van der Waals surface area contributed by atoms with Crippen molar-refractivity contribution >= 4 is 0 Å². The summed E-state index contributed by atoms with van der Waals surface area (Å²) in [6, 6.07) is 3.84. The smallest absolute Gasteiger partial charge is 0.126 e. The number of rotatable bonds is 3. The van der Waals surface area contributed by atoms with Crippen LogP contribution >= 0.6 is 0 Å². The Balaban J connectivity index is 1.61. The second-order valence-electron chi connectivity index (χ2n) is 6.57. The van der Waals surface area contributed by atoms with Crippen molar-refractivity contribution in [1.29, 1.82) is 0 Å². The highest BCUT2D eigenvalue weighted by Crippen LogP contribution is 2.31. The minimum Gasteiger partial charge on any atom is -0.310 e. The highest BCUT2D eigenvalue weighted by molar-refractivity contribution is 5.18. The van der Waals surface area contributed by atoms with Crippen LogP contribution in [0, 0.1) is 11.6 Å². The molecule has 4 heteroatoms. The molecule has 0 atom stereocenters. The van der Waals surface area contributed by atoms with Gasteiger partial charge in [0.05, 0.1) is 0 Å². The highest BCUT2D eigenvalue weighted by atomic mass is 19.1. The number of hydrogen-bond acceptors (Lipinski definition) is 2. The lowest BCUT2D eigenvalue weighted by Gasteiger charge is -2.33. The third-order valence-electron chi connectivity index (χ3n) is 4.88. The first-order valence-electron chi connectivity index (χ1n) is 8.08. The van der Waals surface area contributed by atoms with Crippen molar-refractivity contribution in [3.63, 3.8) is 0 Å². The predicted molar refractivity (Wildman–Crippen MR) is 80.3 cm³/mol. The van der Waals surface area contributed by atoms with Crippen LogP contribution < -0.4 is 5.32 Å². The molecule has 0 aromatic heterocycles. The SMILES string of the molecule is Fc1cc(F)cc(CCN2CCCNC3(CCCC3)C2)c1. The molecule has 0 radical (unpaired) electrons. The van der Waals surface area contributed by atoms with Gasteiger partial charge in [-0.05, 0) is 56.5 Å². The molecule has 21 heavy (non-hydrogen) atoms. The molecular formula is C17H24F2N2. The molecule has 0 bridgehead atoms. The fraction of sp³-hybridized carbons (Fsp3) is 0.647. The molecule has 0 amide bonds. The van der Waals surface area contributed by atoms with E-state index in [0.29, 0.717) is 12.0 Å². The standard InChI is InChI=1S/C17H24F2N2/c18-15-10-14(11-16(19)12-15)4-9-21-8-3-7-20-17(13-21)5-1-2-6-17/h10-12,20H,1-9,13H2. The fourth-order valence-corrected chi connectivity index (χ4v) is 3.84. The van der Waals surface area contributed by atoms with Crippen LogP contribution in [0.15, 0.2) is 18.2 Å². The molecule has 1 saturated carbocycles. The average Bonchev–Trinajstić information content (AvgIpc) is 2.77. The molecule has 1 N–H and O–H groups in total. The number of nitrogens with zero attached hydrogens (tertiary/aromatic N) is 1. The summed E-state index contributed by atoms with van der Waals surface area (Å²) in [5.74, 6) is -0.954. The Morgan fingerprint density at radius 3 is 2.48 bits per heavy atom.